The molecule has 160 valence electrons. The van der Waals surface area contributed by atoms with E-state index < -0.39 is 34.3 Å². The van der Waals surface area contributed by atoms with Gasteiger partial charge in [-0.3, -0.25) is 4.79 Å². The highest BCUT2D eigenvalue weighted by Crippen LogP contribution is 2.33. The quantitative estimate of drug-likeness (QED) is 0.710. The fourth-order valence-electron chi connectivity index (χ4n) is 3.94. The Kier molecular flexibility index (Phi) is 5.85. The van der Waals surface area contributed by atoms with Gasteiger partial charge in [0.1, 0.15) is 22.8 Å². The highest BCUT2D eigenvalue weighted by atomic mass is 19.1. The van der Waals surface area contributed by atoms with Gasteiger partial charge in [0.25, 0.3) is 5.91 Å². The SMILES string of the molecule is CC1CN(C(=O)c2c(F)cccc2F)CC2(CCN(C(=O)OC(C)(C)C)CC2)O1. The molecule has 0 saturated carbocycles. The maximum absolute atomic E-state index is 14.1. The molecule has 2 aliphatic rings. The van der Waals surface area contributed by atoms with Gasteiger partial charge >= 0.3 is 6.09 Å². The molecule has 2 saturated heterocycles. The molecular formula is C21H28F2N2O4. The summed E-state index contributed by atoms with van der Waals surface area (Å²) in [4.78, 5) is 28.2. The highest BCUT2D eigenvalue weighted by molar-refractivity contribution is 5.95. The number of benzene rings is 1. The summed E-state index contributed by atoms with van der Waals surface area (Å²) in [5.74, 6) is -2.42. The molecule has 1 atom stereocenters. The average Bonchev–Trinajstić information content (AvgIpc) is 2.60. The van der Waals surface area contributed by atoms with E-state index in [4.69, 9.17) is 9.47 Å². The third-order valence-electron chi connectivity index (χ3n) is 5.20. The number of rotatable bonds is 1. The predicted octanol–water partition coefficient (Wildman–Crippen LogP) is 3.60. The van der Waals surface area contributed by atoms with E-state index in [-0.39, 0.29) is 25.3 Å². The molecule has 0 radical (unpaired) electrons. The first-order chi connectivity index (χ1) is 13.5. The van der Waals surface area contributed by atoms with Crippen molar-refractivity contribution >= 4 is 12.0 Å². The van der Waals surface area contributed by atoms with Crippen molar-refractivity contribution in [2.45, 2.75) is 57.8 Å². The topological polar surface area (TPSA) is 59.1 Å². The molecule has 0 N–H and O–H groups in total. The Bertz CT molecular complexity index is 765. The van der Waals surface area contributed by atoms with Gasteiger partial charge in [-0.2, -0.15) is 0 Å². The predicted molar refractivity (Wildman–Crippen MR) is 103 cm³/mol. The number of likely N-dealkylation sites (tertiary alicyclic amines) is 1. The van der Waals surface area contributed by atoms with E-state index in [1.807, 2.05) is 27.7 Å². The number of morpholine rings is 1. The molecule has 2 heterocycles. The number of hydrogen-bond donors (Lipinski definition) is 0. The summed E-state index contributed by atoms with van der Waals surface area (Å²) in [6.07, 6.45) is 0.369. The number of nitrogens with zero attached hydrogens (tertiary/aromatic N) is 2. The third kappa shape index (κ3) is 4.86. The zero-order valence-electron chi connectivity index (χ0n) is 17.3. The second kappa shape index (κ2) is 7.89. The lowest BCUT2D eigenvalue weighted by atomic mass is 9.88. The minimum absolute atomic E-state index is 0.228. The Morgan fingerprint density at radius 3 is 2.28 bits per heavy atom. The van der Waals surface area contributed by atoms with Crippen LogP contribution in [0.3, 0.4) is 0 Å². The molecule has 2 amide bonds. The highest BCUT2D eigenvalue weighted by Gasteiger charge is 2.45. The molecule has 0 aromatic heterocycles. The van der Waals surface area contributed by atoms with Gasteiger partial charge in [-0.15, -0.1) is 0 Å². The first-order valence-corrected chi connectivity index (χ1v) is 9.89. The molecule has 6 nitrogen and oxygen atoms in total. The summed E-state index contributed by atoms with van der Waals surface area (Å²) in [5.41, 5.74) is -1.76. The van der Waals surface area contributed by atoms with Crippen LogP contribution >= 0.6 is 0 Å². The molecule has 1 unspecified atom stereocenters. The van der Waals surface area contributed by atoms with E-state index in [0.29, 0.717) is 25.9 Å². The molecule has 1 spiro atoms. The van der Waals surface area contributed by atoms with Crippen LogP contribution < -0.4 is 0 Å². The second-order valence-corrected chi connectivity index (χ2v) is 8.86. The van der Waals surface area contributed by atoms with E-state index in [0.717, 1.165) is 12.1 Å². The molecule has 0 aliphatic carbocycles. The largest absolute Gasteiger partial charge is 0.444 e. The molecule has 0 bridgehead atoms. The van der Waals surface area contributed by atoms with Crippen LogP contribution in [0.2, 0.25) is 0 Å². The van der Waals surface area contributed by atoms with Crippen molar-refractivity contribution in [3.8, 4) is 0 Å². The fraction of sp³-hybridized carbons (Fsp3) is 0.619. The van der Waals surface area contributed by atoms with Crippen molar-refractivity contribution < 1.29 is 27.8 Å². The minimum Gasteiger partial charge on any atom is -0.444 e. The summed E-state index contributed by atoms with van der Waals surface area (Å²) >= 11 is 0. The molecule has 29 heavy (non-hydrogen) atoms. The first kappa shape index (κ1) is 21.5. The molecule has 3 rings (SSSR count). The summed E-state index contributed by atoms with van der Waals surface area (Å²) < 4.78 is 39.7. The first-order valence-electron chi connectivity index (χ1n) is 9.89. The lowest BCUT2D eigenvalue weighted by Crippen LogP contribution is -2.61. The number of carbonyl (C=O) groups is 2. The normalized spacial score (nSPS) is 21.9. The standard InChI is InChI=1S/C21H28F2N2O4/c1-14-12-25(18(26)17-15(22)6-5-7-16(17)23)13-21(28-14)8-10-24(11-9-21)19(27)29-20(2,3)4/h5-7,14H,8-13H2,1-4H3. The maximum atomic E-state index is 14.1. The van der Waals surface area contributed by atoms with Crippen LogP contribution in [0.1, 0.15) is 50.9 Å². The van der Waals surface area contributed by atoms with Crippen LogP contribution in [-0.2, 0) is 9.47 Å². The summed E-state index contributed by atoms with van der Waals surface area (Å²) in [6, 6.07) is 3.39. The van der Waals surface area contributed by atoms with Gasteiger partial charge in [-0.25, -0.2) is 13.6 Å². The number of ether oxygens (including phenoxy) is 2. The van der Waals surface area contributed by atoms with Gasteiger partial charge in [-0.05, 0) is 52.7 Å². The lowest BCUT2D eigenvalue weighted by molar-refractivity contribution is -0.160. The minimum atomic E-state index is -0.872. The van der Waals surface area contributed by atoms with Crippen LogP contribution in [0.15, 0.2) is 18.2 Å². The Morgan fingerprint density at radius 1 is 1.14 bits per heavy atom. The van der Waals surface area contributed by atoms with Crippen LogP contribution in [0.5, 0.6) is 0 Å². The van der Waals surface area contributed by atoms with Gasteiger partial charge in [0.05, 0.1) is 18.2 Å². The monoisotopic (exact) mass is 410 g/mol. The summed E-state index contributed by atoms with van der Waals surface area (Å²) in [7, 11) is 0. The second-order valence-electron chi connectivity index (χ2n) is 8.86. The zero-order chi connectivity index (χ0) is 21.4. The molecular weight excluding hydrogens is 382 g/mol. The van der Waals surface area contributed by atoms with Crippen LogP contribution in [0.25, 0.3) is 0 Å². The lowest BCUT2D eigenvalue weighted by Gasteiger charge is -2.49. The number of amides is 2. The van der Waals surface area contributed by atoms with Gasteiger partial charge in [-0.1, -0.05) is 6.07 Å². The van der Waals surface area contributed by atoms with Crippen LogP contribution in [0, 0.1) is 11.6 Å². The van der Waals surface area contributed by atoms with E-state index in [2.05, 4.69) is 0 Å². The van der Waals surface area contributed by atoms with Crippen molar-refractivity contribution in [3.05, 3.63) is 35.4 Å². The Balaban J connectivity index is 1.71. The van der Waals surface area contributed by atoms with Gasteiger partial charge in [0.15, 0.2) is 0 Å². The van der Waals surface area contributed by atoms with E-state index in [1.165, 1.54) is 11.0 Å². The number of piperidine rings is 1. The van der Waals surface area contributed by atoms with E-state index >= 15 is 0 Å². The van der Waals surface area contributed by atoms with Crippen molar-refractivity contribution in [2.75, 3.05) is 26.2 Å². The van der Waals surface area contributed by atoms with Gasteiger partial charge in [0, 0.05) is 19.6 Å². The van der Waals surface area contributed by atoms with Crippen molar-refractivity contribution in [1.29, 1.82) is 0 Å². The van der Waals surface area contributed by atoms with Gasteiger partial charge < -0.3 is 19.3 Å². The Labute approximate surface area is 169 Å². The van der Waals surface area contributed by atoms with Crippen molar-refractivity contribution in [2.24, 2.45) is 0 Å². The average molecular weight is 410 g/mol. The zero-order valence-corrected chi connectivity index (χ0v) is 17.3. The maximum Gasteiger partial charge on any atom is 0.410 e. The van der Waals surface area contributed by atoms with E-state index in [9.17, 15) is 18.4 Å². The Hall–Kier alpha value is -2.22. The fourth-order valence-corrected chi connectivity index (χ4v) is 3.94. The van der Waals surface area contributed by atoms with Crippen LogP contribution in [-0.4, -0.2) is 65.3 Å². The number of hydrogen-bond acceptors (Lipinski definition) is 4. The van der Waals surface area contributed by atoms with E-state index in [1.54, 1.807) is 4.90 Å². The van der Waals surface area contributed by atoms with Crippen molar-refractivity contribution in [1.82, 2.24) is 9.80 Å². The molecule has 1 aromatic carbocycles. The molecule has 8 heteroatoms. The van der Waals surface area contributed by atoms with Crippen molar-refractivity contribution in [3.63, 3.8) is 0 Å². The molecule has 2 aliphatic heterocycles. The smallest absolute Gasteiger partial charge is 0.410 e. The van der Waals surface area contributed by atoms with Gasteiger partial charge in [0.2, 0.25) is 0 Å². The molecule has 1 aromatic rings. The third-order valence-corrected chi connectivity index (χ3v) is 5.20. The Morgan fingerprint density at radius 2 is 1.72 bits per heavy atom. The summed E-state index contributed by atoms with van der Waals surface area (Å²) in [5, 5.41) is 0. The number of carbonyl (C=O) groups excluding carboxylic acids is 2. The van der Waals surface area contributed by atoms with Crippen LogP contribution in [0.4, 0.5) is 13.6 Å². The number of halogens is 2. The molecule has 2 fully saturated rings. The summed E-state index contributed by atoms with van der Waals surface area (Å²) in [6.45, 7) is 8.61.